The molecule has 2 N–H and O–H groups in total. The van der Waals surface area contributed by atoms with Gasteiger partial charge in [0.15, 0.2) is 0 Å². The van der Waals surface area contributed by atoms with Crippen LogP contribution < -0.4 is 10.1 Å². The lowest BCUT2D eigenvalue weighted by Crippen LogP contribution is -2.44. The second-order valence-electron chi connectivity index (χ2n) is 9.75. The van der Waals surface area contributed by atoms with E-state index in [1.165, 1.54) is 10.4 Å². The third-order valence-corrected chi connectivity index (χ3v) is 7.60. The van der Waals surface area contributed by atoms with Gasteiger partial charge < -0.3 is 19.7 Å². The van der Waals surface area contributed by atoms with Crippen LogP contribution in [-0.2, 0) is 17.6 Å². The van der Waals surface area contributed by atoms with Crippen molar-refractivity contribution in [3.63, 3.8) is 0 Å². The number of hydrogen-bond donors (Lipinski definition) is 2. The molecular weight excluding hydrogens is 464 g/mol. The molecule has 1 unspecified atom stereocenters. The van der Waals surface area contributed by atoms with Gasteiger partial charge in [0.05, 0.1) is 29.4 Å². The van der Waals surface area contributed by atoms with Gasteiger partial charge in [0.2, 0.25) is 0 Å². The second kappa shape index (κ2) is 8.99. The maximum atomic E-state index is 12.6. The summed E-state index contributed by atoms with van der Waals surface area (Å²) in [5, 5.41) is 12.6. The maximum Gasteiger partial charge on any atom is 0.410 e. The first-order chi connectivity index (χ1) is 16.7. The number of carbonyl (C=O) groups is 1. The van der Waals surface area contributed by atoms with E-state index < -0.39 is 0 Å². The van der Waals surface area contributed by atoms with Crippen LogP contribution in [0.4, 0.5) is 16.3 Å². The van der Waals surface area contributed by atoms with Gasteiger partial charge in [-0.3, -0.25) is 5.10 Å². The predicted octanol–water partition coefficient (Wildman–Crippen LogP) is 5.43. The summed E-state index contributed by atoms with van der Waals surface area (Å²) in [6.07, 6.45) is 5.19. The summed E-state index contributed by atoms with van der Waals surface area (Å²) in [5.41, 5.74) is 2.68. The van der Waals surface area contributed by atoms with E-state index in [4.69, 9.17) is 9.47 Å². The molecule has 0 radical (unpaired) electrons. The van der Waals surface area contributed by atoms with Gasteiger partial charge in [0.1, 0.15) is 28.8 Å². The van der Waals surface area contributed by atoms with Crippen molar-refractivity contribution in [1.82, 2.24) is 25.1 Å². The van der Waals surface area contributed by atoms with Crippen molar-refractivity contribution >= 4 is 50.1 Å². The Hall–Kier alpha value is -3.40. The fourth-order valence-electron chi connectivity index (χ4n) is 4.24. The second-order valence-corrected chi connectivity index (χ2v) is 10.8. The Bertz CT molecular complexity index is 1390. The summed E-state index contributed by atoms with van der Waals surface area (Å²) < 4.78 is 11.7. The number of fused-ring (bicyclic) bond motifs is 4. The fraction of sp³-hybridized carbons (Fsp3) is 0.440. The quantitative estimate of drug-likeness (QED) is 0.381. The molecule has 5 rings (SSSR count). The van der Waals surface area contributed by atoms with Crippen LogP contribution in [0.1, 0.15) is 44.6 Å². The number of carbonyl (C=O) groups excluding carboxylic acids is 1. The highest BCUT2D eigenvalue weighted by atomic mass is 32.1. The van der Waals surface area contributed by atoms with E-state index in [1.54, 1.807) is 35.8 Å². The zero-order chi connectivity index (χ0) is 24.7. The molecule has 0 aliphatic heterocycles. The van der Waals surface area contributed by atoms with Crippen molar-refractivity contribution in [2.75, 3.05) is 19.0 Å². The molecule has 0 saturated heterocycles. The number of anilines is 2. The molecule has 1 amide bonds. The molecule has 3 aromatic heterocycles. The summed E-state index contributed by atoms with van der Waals surface area (Å²) >= 11 is 1.65. The van der Waals surface area contributed by atoms with E-state index in [-0.39, 0.29) is 17.7 Å². The van der Waals surface area contributed by atoms with Crippen LogP contribution in [0.25, 0.3) is 21.1 Å². The van der Waals surface area contributed by atoms with Crippen LogP contribution in [0.15, 0.2) is 24.7 Å². The number of hydrogen-bond acceptors (Lipinski definition) is 8. The van der Waals surface area contributed by atoms with E-state index in [1.807, 2.05) is 39.8 Å². The molecule has 0 bridgehead atoms. The summed E-state index contributed by atoms with van der Waals surface area (Å²) in [4.78, 5) is 25.5. The number of thiophene rings is 1. The molecule has 10 heteroatoms. The molecule has 184 valence electrons. The Morgan fingerprint density at radius 2 is 2.14 bits per heavy atom. The minimum atomic E-state index is -0.287. The minimum absolute atomic E-state index is 0.148. The van der Waals surface area contributed by atoms with Gasteiger partial charge in [-0.25, -0.2) is 14.8 Å². The Morgan fingerprint density at radius 3 is 2.91 bits per heavy atom. The molecule has 1 atom stereocenters. The summed E-state index contributed by atoms with van der Waals surface area (Å²) in [6.45, 7) is 8.49. The van der Waals surface area contributed by atoms with Crippen molar-refractivity contribution < 1.29 is 14.3 Å². The lowest BCUT2D eigenvalue weighted by molar-refractivity contribution is 0.0427. The smallest absolute Gasteiger partial charge is 0.410 e. The number of benzene rings is 1. The Morgan fingerprint density at radius 1 is 1.31 bits per heavy atom. The largest absolute Gasteiger partial charge is 0.492 e. The maximum absolute atomic E-state index is 12.6. The lowest BCUT2D eigenvalue weighted by Gasteiger charge is -2.33. The number of nitrogens with one attached hydrogen (secondary N) is 2. The molecule has 1 aliphatic carbocycles. The Labute approximate surface area is 207 Å². The fourth-order valence-corrected chi connectivity index (χ4v) is 5.49. The van der Waals surface area contributed by atoms with Crippen molar-refractivity contribution in [3.05, 3.63) is 35.1 Å². The zero-order valence-corrected chi connectivity index (χ0v) is 21.5. The van der Waals surface area contributed by atoms with Crippen molar-refractivity contribution in [3.8, 4) is 5.75 Å². The number of aromatic nitrogens is 4. The van der Waals surface area contributed by atoms with Crippen LogP contribution in [0.3, 0.4) is 0 Å². The predicted molar refractivity (Wildman–Crippen MR) is 138 cm³/mol. The van der Waals surface area contributed by atoms with Crippen LogP contribution in [0.5, 0.6) is 5.75 Å². The Balaban J connectivity index is 1.43. The van der Waals surface area contributed by atoms with Gasteiger partial charge in [0.25, 0.3) is 0 Å². The van der Waals surface area contributed by atoms with Gasteiger partial charge in [-0.05, 0) is 52.2 Å². The van der Waals surface area contributed by atoms with Gasteiger partial charge in [-0.1, -0.05) is 0 Å². The highest BCUT2D eigenvalue weighted by Crippen LogP contribution is 2.41. The van der Waals surface area contributed by atoms with Gasteiger partial charge in [-0.15, -0.1) is 11.3 Å². The topological polar surface area (TPSA) is 105 Å². The van der Waals surface area contributed by atoms with Crippen molar-refractivity contribution in [2.45, 2.75) is 58.6 Å². The number of aromatic amines is 1. The first-order valence-corrected chi connectivity index (χ1v) is 12.6. The van der Waals surface area contributed by atoms with Crippen molar-refractivity contribution in [2.24, 2.45) is 0 Å². The first kappa shape index (κ1) is 23.3. The van der Waals surface area contributed by atoms with E-state index in [9.17, 15) is 4.79 Å². The van der Waals surface area contributed by atoms with E-state index in [0.29, 0.717) is 13.0 Å². The number of ether oxygens (including phenoxy) is 2. The average Bonchev–Trinajstić information content (AvgIpc) is 3.42. The number of aryl methyl sites for hydroxylation is 1. The normalized spacial score (nSPS) is 15.7. The number of nitrogens with zero attached hydrogens (tertiary/aromatic N) is 4. The molecule has 0 saturated carbocycles. The molecular formula is C25H30N6O3S. The number of rotatable bonds is 5. The minimum Gasteiger partial charge on any atom is -0.492 e. The molecule has 0 spiro atoms. The van der Waals surface area contributed by atoms with Crippen LogP contribution in [-0.4, -0.2) is 56.5 Å². The molecule has 35 heavy (non-hydrogen) atoms. The van der Waals surface area contributed by atoms with Gasteiger partial charge >= 0.3 is 6.09 Å². The summed E-state index contributed by atoms with van der Waals surface area (Å²) in [5.74, 6) is 1.48. The van der Waals surface area contributed by atoms with E-state index in [0.717, 1.165) is 51.2 Å². The third-order valence-electron chi connectivity index (χ3n) is 6.44. The van der Waals surface area contributed by atoms with Crippen molar-refractivity contribution in [1.29, 1.82) is 0 Å². The first-order valence-electron chi connectivity index (χ1n) is 11.8. The average molecular weight is 495 g/mol. The molecule has 9 nitrogen and oxygen atoms in total. The molecule has 1 aromatic carbocycles. The van der Waals surface area contributed by atoms with E-state index in [2.05, 4.69) is 25.5 Å². The monoisotopic (exact) mass is 494 g/mol. The van der Waals surface area contributed by atoms with Gasteiger partial charge in [-0.2, -0.15) is 5.10 Å². The summed E-state index contributed by atoms with van der Waals surface area (Å²) in [7, 11) is 1.78. The molecule has 4 aromatic rings. The number of amides is 1. The van der Waals surface area contributed by atoms with Crippen LogP contribution in [0.2, 0.25) is 0 Å². The molecule has 1 aliphatic rings. The van der Waals surface area contributed by atoms with Gasteiger partial charge in [0, 0.05) is 35.3 Å². The third kappa shape index (κ3) is 4.50. The van der Waals surface area contributed by atoms with E-state index >= 15 is 0 Å². The summed E-state index contributed by atoms with van der Waals surface area (Å²) in [6, 6.07) is 3.96. The van der Waals surface area contributed by atoms with Crippen LogP contribution in [0, 0.1) is 0 Å². The highest BCUT2D eigenvalue weighted by molar-refractivity contribution is 7.19. The molecule has 0 fully saturated rings. The lowest BCUT2D eigenvalue weighted by atomic mass is 9.94. The van der Waals surface area contributed by atoms with Crippen LogP contribution >= 0.6 is 11.3 Å². The molecule has 3 heterocycles. The standard InChI is InChI=1S/C25H30N6O3S/c1-6-33-19-11-17-14(12-28-30-17)9-18(19)29-22-21-16-8-7-15(34-24(32)31(5)25(2,3)4)10-20(16)35-23(21)27-13-26-22/h9,11-13,15H,6-8,10H2,1-5H3,(H,28,30)(H,26,27,29). The number of H-pyrrole nitrogens is 1. The zero-order valence-electron chi connectivity index (χ0n) is 20.6. The SMILES string of the molecule is CCOc1cc2[nH]ncc2cc1Nc1ncnc2sc3c(c12)CCC(OC(=O)N(C)C(C)(C)C)C3. The highest BCUT2D eigenvalue weighted by Gasteiger charge is 2.30. The Kier molecular flexibility index (Phi) is 6.00.